The molecule has 0 spiro atoms. The monoisotopic (exact) mass is 422 g/mol. The van der Waals surface area contributed by atoms with Crippen molar-refractivity contribution in [3.8, 4) is 17.2 Å². The molecular weight excluding hydrogens is 408 g/mol. The zero-order valence-corrected chi connectivity index (χ0v) is 15.1. The minimum absolute atomic E-state index is 0.103. The van der Waals surface area contributed by atoms with Crippen LogP contribution >= 0.6 is 0 Å². The lowest BCUT2D eigenvalue weighted by molar-refractivity contribution is -0.137. The summed E-state index contributed by atoms with van der Waals surface area (Å²) in [4.78, 5) is 26.3. The van der Waals surface area contributed by atoms with Gasteiger partial charge in [0.1, 0.15) is 17.2 Å². The molecule has 6 nitrogen and oxygen atoms in total. The topological polar surface area (TPSA) is 80.4 Å². The van der Waals surface area contributed by atoms with Crippen molar-refractivity contribution in [1.82, 2.24) is 4.98 Å². The number of hydrogen-bond acceptors (Lipinski definition) is 4. The van der Waals surface area contributed by atoms with Crippen LogP contribution in [-0.4, -0.2) is 17.8 Å². The van der Waals surface area contributed by atoms with Crippen molar-refractivity contribution < 1.29 is 31.8 Å². The number of nitrogens with one attached hydrogen (secondary N) is 2. The average molecular weight is 422 g/mol. The van der Waals surface area contributed by atoms with Crippen molar-refractivity contribution in [3.05, 3.63) is 82.3 Å². The van der Waals surface area contributed by atoms with Gasteiger partial charge in [0.25, 0.3) is 5.91 Å². The highest BCUT2D eigenvalue weighted by atomic mass is 19.4. The fraction of sp³-hybridized carbons (Fsp3) is 0.100. The molecule has 0 bridgehead atoms. The normalized spacial score (nSPS) is 11.1. The van der Waals surface area contributed by atoms with Gasteiger partial charge in [-0.05, 0) is 48.5 Å². The predicted molar refractivity (Wildman–Crippen MR) is 99.6 cm³/mol. The summed E-state index contributed by atoms with van der Waals surface area (Å²) in [6, 6.07) is 10.4. The van der Waals surface area contributed by atoms with Gasteiger partial charge in [-0.3, -0.25) is 9.59 Å². The molecule has 10 heteroatoms. The van der Waals surface area contributed by atoms with E-state index >= 15 is 0 Å². The molecule has 1 heterocycles. The fourth-order valence-corrected chi connectivity index (χ4v) is 2.49. The number of benzene rings is 2. The van der Waals surface area contributed by atoms with Gasteiger partial charge in [-0.2, -0.15) is 13.2 Å². The standard InChI is InChI=1S/C20H14F4N2O4/c21-11-29-14-2-4-15(5-3-14)30-17-9-12(20(22,23)24)1-6-16(17)19(28)26-13-7-8-25-18(27)10-13/h1-10H,11H2,(H2,25,26,27,28). The number of hydrogen-bond donors (Lipinski definition) is 2. The maximum atomic E-state index is 13.1. The van der Waals surface area contributed by atoms with Crippen LogP contribution in [0.15, 0.2) is 65.6 Å². The predicted octanol–water partition coefficient (Wildman–Crippen LogP) is 4.74. The highest BCUT2D eigenvalue weighted by Gasteiger charge is 2.32. The molecule has 0 fully saturated rings. The van der Waals surface area contributed by atoms with Crippen LogP contribution in [-0.2, 0) is 6.18 Å². The summed E-state index contributed by atoms with van der Waals surface area (Å²) < 4.78 is 61.7. The number of alkyl halides is 4. The Hall–Kier alpha value is -3.82. The Morgan fingerprint density at radius 1 is 1.00 bits per heavy atom. The summed E-state index contributed by atoms with van der Waals surface area (Å²) in [6.45, 7) is -1.04. The number of aromatic amines is 1. The number of pyridine rings is 1. The maximum absolute atomic E-state index is 13.1. The molecule has 0 aliphatic carbocycles. The number of carbonyl (C=O) groups is 1. The first-order valence-electron chi connectivity index (χ1n) is 8.44. The highest BCUT2D eigenvalue weighted by molar-refractivity contribution is 6.06. The maximum Gasteiger partial charge on any atom is 0.416 e. The second-order valence-corrected chi connectivity index (χ2v) is 5.93. The first-order chi connectivity index (χ1) is 14.3. The summed E-state index contributed by atoms with van der Waals surface area (Å²) in [6.07, 6.45) is -3.35. The fourth-order valence-electron chi connectivity index (χ4n) is 2.49. The van der Waals surface area contributed by atoms with E-state index in [2.05, 4.69) is 15.0 Å². The SMILES string of the molecule is O=C(Nc1cc[nH]c(=O)c1)c1ccc(C(F)(F)F)cc1Oc1ccc(OCF)cc1. The number of halogens is 4. The van der Waals surface area contributed by atoms with E-state index in [0.717, 1.165) is 18.2 Å². The lowest BCUT2D eigenvalue weighted by atomic mass is 10.1. The Labute approximate surface area is 167 Å². The Balaban J connectivity index is 1.93. The third kappa shape index (κ3) is 5.16. The largest absolute Gasteiger partial charge is 0.463 e. The van der Waals surface area contributed by atoms with Crippen LogP contribution in [0.25, 0.3) is 0 Å². The van der Waals surface area contributed by atoms with Gasteiger partial charge >= 0.3 is 6.18 Å². The van der Waals surface area contributed by atoms with Crippen LogP contribution < -0.4 is 20.3 Å². The van der Waals surface area contributed by atoms with Crippen molar-refractivity contribution in [2.24, 2.45) is 0 Å². The molecule has 30 heavy (non-hydrogen) atoms. The van der Waals surface area contributed by atoms with E-state index in [0.29, 0.717) is 6.07 Å². The van der Waals surface area contributed by atoms with E-state index in [9.17, 15) is 27.2 Å². The Kier molecular flexibility index (Phi) is 6.05. The van der Waals surface area contributed by atoms with E-state index < -0.39 is 30.1 Å². The highest BCUT2D eigenvalue weighted by Crippen LogP contribution is 2.35. The van der Waals surface area contributed by atoms with Crippen molar-refractivity contribution in [2.75, 3.05) is 12.2 Å². The minimum atomic E-state index is -4.65. The summed E-state index contributed by atoms with van der Waals surface area (Å²) in [5.74, 6) is -0.833. The van der Waals surface area contributed by atoms with E-state index in [4.69, 9.17) is 4.74 Å². The molecule has 1 aromatic heterocycles. The lowest BCUT2D eigenvalue weighted by Crippen LogP contribution is -2.16. The van der Waals surface area contributed by atoms with Gasteiger partial charge in [-0.15, -0.1) is 0 Å². The quantitative estimate of drug-likeness (QED) is 0.562. The second kappa shape index (κ2) is 8.68. The zero-order valence-electron chi connectivity index (χ0n) is 15.1. The molecule has 3 aromatic rings. The van der Waals surface area contributed by atoms with Crippen molar-refractivity contribution >= 4 is 11.6 Å². The second-order valence-electron chi connectivity index (χ2n) is 5.93. The van der Waals surface area contributed by atoms with Gasteiger partial charge < -0.3 is 19.8 Å². The van der Waals surface area contributed by atoms with Gasteiger partial charge in [-0.1, -0.05) is 0 Å². The summed E-state index contributed by atoms with van der Waals surface area (Å²) in [5, 5.41) is 2.43. The molecular formula is C20H14F4N2O4. The van der Waals surface area contributed by atoms with E-state index in [-0.39, 0.29) is 28.5 Å². The number of rotatable bonds is 6. The number of amides is 1. The molecule has 0 unspecified atom stereocenters. The summed E-state index contributed by atoms with van der Waals surface area (Å²) >= 11 is 0. The molecule has 0 atom stereocenters. The number of aromatic nitrogens is 1. The third-order valence-electron chi connectivity index (χ3n) is 3.86. The van der Waals surface area contributed by atoms with Crippen LogP contribution in [0.3, 0.4) is 0 Å². The van der Waals surface area contributed by atoms with Gasteiger partial charge in [0.15, 0.2) is 0 Å². The molecule has 156 valence electrons. The first kappa shape index (κ1) is 20.9. The molecule has 0 saturated carbocycles. The molecule has 2 aromatic carbocycles. The molecule has 1 amide bonds. The van der Waals surface area contributed by atoms with Crippen LogP contribution in [0.2, 0.25) is 0 Å². The molecule has 0 aliphatic rings. The van der Waals surface area contributed by atoms with Crippen LogP contribution in [0.4, 0.5) is 23.2 Å². The molecule has 2 N–H and O–H groups in total. The average Bonchev–Trinajstić information content (AvgIpc) is 2.69. The van der Waals surface area contributed by atoms with Crippen LogP contribution in [0.5, 0.6) is 17.2 Å². The number of H-pyrrole nitrogens is 1. The third-order valence-corrected chi connectivity index (χ3v) is 3.86. The Morgan fingerprint density at radius 2 is 1.70 bits per heavy atom. The zero-order chi connectivity index (χ0) is 21.7. The Morgan fingerprint density at radius 3 is 2.33 bits per heavy atom. The van der Waals surface area contributed by atoms with Crippen LogP contribution in [0, 0.1) is 0 Å². The summed E-state index contributed by atoms with van der Waals surface area (Å²) in [7, 11) is 0. The Bertz CT molecular complexity index is 1090. The number of anilines is 1. The van der Waals surface area contributed by atoms with E-state index in [1.54, 1.807) is 0 Å². The van der Waals surface area contributed by atoms with Gasteiger partial charge in [-0.25, -0.2) is 4.39 Å². The van der Waals surface area contributed by atoms with Crippen molar-refractivity contribution in [1.29, 1.82) is 0 Å². The van der Waals surface area contributed by atoms with Gasteiger partial charge in [0, 0.05) is 18.0 Å². The van der Waals surface area contributed by atoms with E-state index in [1.807, 2.05) is 0 Å². The lowest BCUT2D eigenvalue weighted by Gasteiger charge is -2.15. The number of carbonyl (C=O) groups excluding carboxylic acids is 1. The van der Waals surface area contributed by atoms with Crippen LogP contribution in [0.1, 0.15) is 15.9 Å². The molecule has 0 radical (unpaired) electrons. The summed E-state index contributed by atoms with van der Waals surface area (Å²) in [5.41, 5.74) is -1.51. The first-order valence-corrected chi connectivity index (χ1v) is 8.44. The van der Waals surface area contributed by atoms with Gasteiger partial charge in [0.2, 0.25) is 12.4 Å². The smallest absolute Gasteiger partial charge is 0.416 e. The molecule has 3 rings (SSSR count). The van der Waals surface area contributed by atoms with Crippen molar-refractivity contribution in [3.63, 3.8) is 0 Å². The molecule has 0 saturated heterocycles. The van der Waals surface area contributed by atoms with E-state index in [1.165, 1.54) is 36.5 Å². The minimum Gasteiger partial charge on any atom is -0.463 e. The van der Waals surface area contributed by atoms with Crippen molar-refractivity contribution in [2.45, 2.75) is 6.18 Å². The molecule has 0 aliphatic heterocycles. The number of ether oxygens (including phenoxy) is 2. The van der Waals surface area contributed by atoms with Gasteiger partial charge in [0.05, 0.1) is 11.1 Å².